The van der Waals surface area contributed by atoms with Gasteiger partial charge in [-0.3, -0.25) is 9.79 Å². The van der Waals surface area contributed by atoms with Crippen molar-refractivity contribution < 1.29 is 9.53 Å². The van der Waals surface area contributed by atoms with Crippen LogP contribution < -0.4 is 15.5 Å². The highest BCUT2D eigenvalue weighted by molar-refractivity contribution is 5.97. The van der Waals surface area contributed by atoms with Crippen LogP contribution in [0.25, 0.3) is 0 Å². The zero-order valence-electron chi connectivity index (χ0n) is 14.9. The summed E-state index contributed by atoms with van der Waals surface area (Å²) in [6.45, 7) is 5.63. The highest BCUT2D eigenvalue weighted by Gasteiger charge is 2.31. The highest BCUT2D eigenvalue weighted by atomic mass is 16.5. The lowest BCUT2D eigenvalue weighted by Crippen LogP contribution is -2.44. The van der Waals surface area contributed by atoms with Crippen LogP contribution in [0.3, 0.4) is 0 Å². The lowest BCUT2D eigenvalue weighted by molar-refractivity contribution is -0.117. The fraction of sp³-hybridized carbons (Fsp3) is 0.579. The Bertz CT molecular complexity index is 586. The first-order valence-corrected chi connectivity index (χ1v) is 9.24. The first-order chi connectivity index (χ1) is 12.3. The monoisotopic (exact) mass is 344 g/mol. The molecule has 1 aromatic carbocycles. The third-order valence-corrected chi connectivity index (χ3v) is 4.43. The minimum atomic E-state index is 0.0675. The number of nitrogens with zero attached hydrogens (tertiary/aromatic N) is 2. The number of aliphatic imine (C=N–C) groups is 1. The molecule has 3 rings (SSSR count). The summed E-state index contributed by atoms with van der Waals surface area (Å²) in [6.07, 6.45) is 3.10. The second-order valence-corrected chi connectivity index (χ2v) is 6.66. The van der Waals surface area contributed by atoms with Crippen LogP contribution in [0.5, 0.6) is 0 Å². The SMILES string of the molecule is CCNC(=NCCOCC1CC1)NC1CC(=O)N(c2ccccc2)C1. The van der Waals surface area contributed by atoms with Crippen LogP contribution in [0.1, 0.15) is 26.2 Å². The van der Waals surface area contributed by atoms with Crippen LogP contribution in [0.2, 0.25) is 0 Å². The minimum Gasteiger partial charge on any atom is -0.379 e. The van der Waals surface area contributed by atoms with Gasteiger partial charge in [0, 0.05) is 31.8 Å². The molecule has 1 amide bonds. The summed E-state index contributed by atoms with van der Waals surface area (Å²) in [7, 11) is 0. The van der Waals surface area contributed by atoms with Crippen LogP contribution in [-0.2, 0) is 9.53 Å². The number of ether oxygens (including phenoxy) is 1. The van der Waals surface area contributed by atoms with E-state index in [-0.39, 0.29) is 11.9 Å². The second-order valence-electron chi connectivity index (χ2n) is 6.66. The van der Waals surface area contributed by atoms with Gasteiger partial charge in [0.1, 0.15) is 0 Å². The van der Waals surface area contributed by atoms with Gasteiger partial charge in [0.25, 0.3) is 0 Å². The molecule has 1 saturated heterocycles. The molecule has 2 fully saturated rings. The number of carbonyl (C=O) groups is 1. The first kappa shape index (κ1) is 17.7. The zero-order chi connectivity index (χ0) is 17.5. The molecule has 0 radical (unpaired) electrons. The van der Waals surface area contributed by atoms with Gasteiger partial charge >= 0.3 is 0 Å². The van der Waals surface area contributed by atoms with Gasteiger partial charge in [0.2, 0.25) is 5.91 Å². The molecule has 136 valence electrons. The Hall–Kier alpha value is -2.08. The van der Waals surface area contributed by atoms with Crippen molar-refractivity contribution in [2.45, 2.75) is 32.2 Å². The molecule has 25 heavy (non-hydrogen) atoms. The summed E-state index contributed by atoms with van der Waals surface area (Å²) in [5, 5.41) is 6.62. The normalized spacial score (nSPS) is 20.8. The largest absolute Gasteiger partial charge is 0.379 e. The third kappa shape index (κ3) is 5.46. The molecule has 1 saturated carbocycles. The molecule has 2 aliphatic rings. The van der Waals surface area contributed by atoms with Gasteiger partial charge in [-0.05, 0) is 37.8 Å². The molecule has 1 aromatic rings. The quantitative estimate of drug-likeness (QED) is 0.429. The molecule has 6 heteroatoms. The number of para-hydroxylation sites is 1. The summed E-state index contributed by atoms with van der Waals surface area (Å²) in [6, 6.07) is 9.87. The standard InChI is InChI=1S/C19H28N4O2/c1-2-20-19(21-10-11-25-14-15-8-9-15)22-16-12-18(24)23(13-16)17-6-4-3-5-7-17/h3-7,15-16H,2,8-14H2,1H3,(H2,20,21,22). The molecule has 0 aromatic heterocycles. The molecular weight excluding hydrogens is 316 g/mol. The number of benzene rings is 1. The van der Waals surface area contributed by atoms with Crippen LogP contribution in [0.4, 0.5) is 5.69 Å². The number of nitrogens with one attached hydrogen (secondary N) is 2. The maximum Gasteiger partial charge on any atom is 0.229 e. The number of amides is 1. The number of hydrogen-bond donors (Lipinski definition) is 2. The maximum absolute atomic E-state index is 12.3. The van der Waals surface area contributed by atoms with E-state index in [4.69, 9.17) is 4.74 Å². The fourth-order valence-electron chi connectivity index (χ4n) is 2.93. The van der Waals surface area contributed by atoms with Crippen LogP contribution in [0.15, 0.2) is 35.3 Å². The van der Waals surface area contributed by atoms with E-state index in [0.717, 1.165) is 30.7 Å². The Kier molecular flexibility index (Phi) is 6.28. The van der Waals surface area contributed by atoms with Crippen LogP contribution >= 0.6 is 0 Å². The van der Waals surface area contributed by atoms with Gasteiger partial charge in [-0.2, -0.15) is 0 Å². The Morgan fingerprint density at radius 2 is 2.12 bits per heavy atom. The van der Waals surface area contributed by atoms with Gasteiger partial charge in [-0.25, -0.2) is 0 Å². The summed E-state index contributed by atoms with van der Waals surface area (Å²) < 4.78 is 5.62. The fourth-order valence-corrected chi connectivity index (χ4v) is 2.93. The third-order valence-electron chi connectivity index (χ3n) is 4.43. The topological polar surface area (TPSA) is 66.0 Å². The van der Waals surface area contributed by atoms with Crippen molar-refractivity contribution in [1.29, 1.82) is 0 Å². The van der Waals surface area contributed by atoms with E-state index >= 15 is 0 Å². The average molecular weight is 344 g/mol. The lowest BCUT2D eigenvalue weighted by Gasteiger charge is -2.19. The number of guanidine groups is 1. The van der Waals surface area contributed by atoms with E-state index < -0.39 is 0 Å². The van der Waals surface area contributed by atoms with E-state index in [9.17, 15) is 4.79 Å². The Labute approximate surface area is 149 Å². The van der Waals surface area contributed by atoms with Crippen molar-refractivity contribution in [1.82, 2.24) is 10.6 Å². The number of carbonyl (C=O) groups excluding carboxylic acids is 1. The Balaban J connectivity index is 1.48. The summed E-state index contributed by atoms with van der Waals surface area (Å²) in [5.41, 5.74) is 0.951. The lowest BCUT2D eigenvalue weighted by atomic mass is 10.2. The predicted molar refractivity (Wildman–Crippen MR) is 99.9 cm³/mol. The van der Waals surface area contributed by atoms with Gasteiger partial charge in [0.15, 0.2) is 5.96 Å². The molecule has 1 unspecified atom stereocenters. The Morgan fingerprint density at radius 1 is 1.32 bits per heavy atom. The van der Waals surface area contributed by atoms with Gasteiger partial charge in [-0.15, -0.1) is 0 Å². The molecule has 1 aliphatic carbocycles. The first-order valence-electron chi connectivity index (χ1n) is 9.24. The second kappa shape index (κ2) is 8.85. The van der Waals surface area contributed by atoms with Crippen molar-refractivity contribution in [3.63, 3.8) is 0 Å². The van der Waals surface area contributed by atoms with E-state index in [1.54, 1.807) is 0 Å². The highest BCUT2D eigenvalue weighted by Crippen LogP contribution is 2.28. The van der Waals surface area contributed by atoms with E-state index in [0.29, 0.717) is 26.1 Å². The number of rotatable bonds is 8. The molecule has 0 bridgehead atoms. The van der Waals surface area contributed by atoms with E-state index in [1.807, 2.05) is 42.2 Å². The molecule has 1 heterocycles. The molecule has 1 aliphatic heterocycles. The van der Waals surface area contributed by atoms with Crippen molar-refractivity contribution >= 4 is 17.6 Å². The smallest absolute Gasteiger partial charge is 0.229 e. The molecule has 1 atom stereocenters. The van der Waals surface area contributed by atoms with Crippen molar-refractivity contribution in [2.75, 3.05) is 37.7 Å². The summed E-state index contributed by atoms with van der Waals surface area (Å²) >= 11 is 0. The van der Waals surface area contributed by atoms with Crippen LogP contribution in [0, 0.1) is 5.92 Å². The molecule has 2 N–H and O–H groups in total. The maximum atomic E-state index is 12.3. The van der Waals surface area contributed by atoms with E-state index in [1.165, 1.54) is 12.8 Å². The Morgan fingerprint density at radius 3 is 2.84 bits per heavy atom. The van der Waals surface area contributed by atoms with Gasteiger partial charge < -0.3 is 20.3 Å². The molecule has 6 nitrogen and oxygen atoms in total. The van der Waals surface area contributed by atoms with Gasteiger partial charge in [0.05, 0.1) is 19.2 Å². The minimum absolute atomic E-state index is 0.0675. The number of hydrogen-bond acceptors (Lipinski definition) is 3. The number of anilines is 1. The average Bonchev–Trinajstić information content (AvgIpc) is 3.37. The van der Waals surface area contributed by atoms with Crippen molar-refractivity contribution in [3.8, 4) is 0 Å². The van der Waals surface area contributed by atoms with Crippen molar-refractivity contribution in [3.05, 3.63) is 30.3 Å². The summed E-state index contributed by atoms with van der Waals surface area (Å²) in [4.78, 5) is 18.7. The summed E-state index contributed by atoms with van der Waals surface area (Å²) in [5.74, 6) is 1.68. The zero-order valence-corrected chi connectivity index (χ0v) is 14.9. The van der Waals surface area contributed by atoms with Crippen molar-refractivity contribution in [2.24, 2.45) is 10.9 Å². The molecular formula is C19H28N4O2. The predicted octanol–water partition coefficient (Wildman–Crippen LogP) is 1.77. The van der Waals surface area contributed by atoms with Crippen LogP contribution in [-0.4, -0.2) is 50.8 Å². The van der Waals surface area contributed by atoms with E-state index in [2.05, 4.69) is 15.6 Å². The van der Waals surface area contributed by atoms with Gasteiger partial charge in [-0.1, -0.05) is 18.2 Å². The molecule has 0 spiro atoms.